The number of halogens is 1. The normalized spacial score (nSPS) is 16.7. The average molecular weight is 269 g/mol. The van der Waals surface area contributed by atoms with Crippen LogP contribution in [0.3, 0.4) is 0 Å². The van der Waals surface area contributed by atoms with Gasteiger partial charge in [-0.15, -0.1) is 0 Å². The van der Waals surface area contributed by atoms with Gasteiger partial charge in [0.05, 0.1) is 17.5 Å². The van der Waals surface area contributed by atoms with Crippen LogP contribution in [-0.2, 0) is 9.53 Å². The minimum Gasteiger partial charge on any atom is -0.466 e. The van der Waals surface area contributed by atoms with Gasteiger partial charge in [-0.3, -0.25) is 4.79 Å². The highest BCUT2D eigenvalue weighted by Gasteiger charge is 2.27. The maximum absolute atomic E-state index is 11.6. The number of carbonyl (C=O) groups excluding carboxylic acids is 1. The minimum absolute atomic E-state index is 0.0173. The Balaban J connectivity index is 1.95. The molecule has 1 aliphatic heterocycles. The Morgan fingerprint density at radius 1 is 1.56 bits per heavy atom. The highest BCUT2D eigenvalue weighted by atomic mass is 35.5. The van der Waals surface area contributed by atoms with Gasteiger partial charge in [0.2, 0.25) is 0 Å². The van der Waals surface area contributed by atoms with Crippen molar-refractivity contribution in [3.8, 4) is 0 Å². The fraction of sp³-hybridized carbons (Fsp3) is 0.538. The zero-order valence-electron chi connectivity index (χ0n) is 10.4. The zero-order valence-corrected chi connectivity index (χ0v) is 11.2. The van der Waals surface area contributed by atoms with Crippen molar-refractivity contribution in [1.82, 2.24) is 4.98 Å². The smallest absolute Gasteiger partial charge is 0.309 e. The third-order valence-corrected chi connectivity index (χ3v) is 3.45. The Morgan fingerprint density at radius 2 is 2.28 bits per heavy atom. The van der Waals surface area contributed by atoms with Crippen LogP contribution in [0, 0.1) is 5.92 Å². The van der Waals surface area contributed by atoms with Crippen LogP contribution in [0.25, 0.3) is 0 Å². The molecule has 0 radical (unpaired) electrons. The first kappa shape index (κ1) is 13.1. The second-order valence-corrected chi connectivity index (χ2v) is 4.73. The molecular formula is C13H17ClN2O2. The lowest BCUT2D eigenvalue weighted by atomic mass is 9.97. The standard InChI is InChI=1S/C13H17ClN2O2/c1-2-18-13(17)10-5-8-16(9-6-10)12-11(14)4-3-7-15-12/h3-4,7,10H,2,5-6,8-9H2,1H3. The summed E-state index contributed by atoms with van der Waals surface area (Å²) in [4.78, 5) is 18.0. The van der Waals surface area contributed by atoms with Crippen molar-refractivity contribution >= 4 is 23.4 Å². The Morgan fingerprint density at radius 3 is 2.89 bits per heavy atom. The van der Waals surface area contributed by atoms with Gasteiger partial charge in [0.15, 0.2) is 0 Å². The number of esters is 1. The first-order valence-electron chi connectivity index (χ1n) is 6.24. The predicted molar refractivity (Wildman–Crippen MR) is 70.8 cm³/mol. The van der Waals surface area contributed by atoms with Gasteiger partial charge in [-0.2, -0.15) is 0 Å². The average Bonchev–Trinajstić information content (AvgIpc) is 2.40. The van der Waals surface area contributed by atoms with Crippen LogP contribution in [0.1, 0.15) is 19.8 Å². The number of hydrogen-bond acceptors (Lipinski definition) is 4. The van der Waals surface area contributed by atoms with Gasteiger partial charge < -0.3 is 9.64 Å². The monoisotopic (exact) mass is 268 g/mol. The lowest BCUT2D eigenvalue weighted by Gasteiger charge is -2.32. The van der Waals surface area contributed by atoms with Crippen LogP contribution in [0.15, 0.2) is 18.3 Å². The number of carbonyl (C=O) groups is 1. The predicted octanol–water partition coefficient (Wildman–Crippen LogP) is 2.51. The molecule has 98 valence electrons. The van der Waals surface area contributed by atoms with E-state index in [9.17, 15) is 4.79 Å². The molecule has 1 aliphatic rings. The topological polar surface area (TPSA) is 42.4 Å². The van der Waals surface area contributed by atoms with E-state index in [1.54, 1.807) is 6.20 Å². The van der Waals surface area contributed by atoms with Gasteiger partial charge in [-0.05, 0) is 31.9 Å². The van der Waals surface area contributed by atoms with E-state index in [-0.39, 0.29) is 11.9 Å². The van der Waals surface area contributed by atoms with Crippen LogP contribution < -0.4 is 4.90 Å². The molecule has 4 nitrogen and oxygen atoms in total. The molecule has 0 N–H and O–H groups in total. The summed E-state index contributed by atoms with van der Waals surface area (Å²) in [7, 11) is 0. The van der Waals surface area contributed by atoms with Crippen molar-refractivity contribution in [1.29, 1.82) is 0 Å². The fourth-order valence-corrected chi connectivity index (χ4v) is 2.44. The van der Waals surface area contributed by atoms with Gasteiger partial charge >= 0.3 is 5.97 Å². The van der Waals surface area contributed by atoms with Crippen molar-refractivity contribution in [3.05, 3.63) is 23.4 Å². The molecule has 0 aliphatic carbocycles. The van der Waals surface area contributed by atoms with Crippen molar-refractivity contribution in [2.45, 2.75) is 19.8 Å². The lowest BCUT2D eigenvalue weighted by Crippen LogP contribution is -2.37. The van der Waals surface area contributed by atoms with E-state index in [1.807, 2.05) is 19.1 Å². The van der Waals surface area contributed by atoms with E-state index < -0.39 is 0 Å². The molecule has 0 aromatic carbocycles. The van der Waals surface area contributed by atoms with Crippen molar-refractivity contribution < 1.29 is 9.53 Å². The van der Waals surface area contributed by atoms with Crippen molar-refractivity contribution in [3.63, 3.8) is 0 Å². The number of ether oxygens (including phenoxy) is 1. The van der Waals surface area contributed by atoms with Crippen LogP contribution in [0.2, 0.25) is 5.02 Å². The largest absolute Gasteiger partial charge is 0.466 e. The van der Waals surface area contributed by atoms with Gasteiger partial charge in [0, 0.05) is 19.3 Å². The third kappa shape index (κ3) is 2.93. The summed E-state index contributed by atoms with van der Waals surface area (Å²) < 4.78 is 5.05. The second-order valence-electron chi connectivity index (χ2n) is 4.32. The molecular weight excluding hydrogens is 252 g/mol. The zero-order chi connectivity index (χ0) is 13.0. The molecule has 1 fully saturated rings. The van der Waals surface area contributed by atoms with Crippen LogP contribution in [0.4, 0.5) is 5.82 Å². The highest BCUT2D eigenvalue weighted by Crippen LogP contribution is 2.27. The van der Waals surface area contributed by atoms with E-state index in [1.165, 1.54) is 0 Å². The SMILES string of the molecule is CCOC(=O)C1CCN(c2ncccc2Cl)CC1. The van der Waals surface area contributed by atoms with Crippen LogP contribution in [0.5, 0.6) is 0 Å². The van der Waals surface area contributed by atoms with Crippen molar-refractivity contribution in [2.24, 2.45) is 5.92 Å². The first-order valence-corrected chi connectivity index (χ1v) is 6.62. The summed E-state index contributed by atoms with van der Waals surface area (Å²) >= 11 is 6.11. The summed E-state index contributed by atoms with van der Waals surface area (Å²) in [6.07, 6.45) is 3.33. The number of nitrogens with zero attached hydrogens (tertiary/aromatic N) is 2. The maximum Gasteiger partial charge on any atom is 0.309 e. The number of anilines is 1. The summed E-state index contributed by atoms with van der Waals surface area (Å²) in [5, 5.41) is 0.659. The molecule has 0 unspecified atom stereocenters. The van der Waals surface area contributed by atoms with E-state index in [4.69, 9.17) is 16.3 Å². The maximum atomic E-state index is 11.6. The van der Waals surface area contributed by atoms with E-state index in [2.05, 4.69) is 9.88 Å². The number of pyridine rings is 1. The molecule has 18 heavy (non-hydrogen) atoms. The van der Waals surface area contributed by atoms with Gasteiger partial charge in [-0.1, -0.05) is 11.6 Å². The van der Waals surface area contributed by atoms with Crippen LogP contribution in [-0.4, -0.2) is 30.6 Å². The van der Waals surface area contributed by atoms with E-state index in [0.717, 1.165) is 31.7 Å². The molecule has 5 heteroatoms. The summed E-state index contributed by atoms with van der Waals surface area (Å²) in [5.74, 6) is 0.745. The molecule has 0 atom stereocenters. The fourth-order valence-electron chi connectivity index (χ4n) is 2.20. The lowest BCUT2D eigenvalue weighted by molar-refractivity contribution is -0.148. The Labute approximate surface area is 112 Å². The molecule has 0 amide bonds. The summed E-state index contributed by atoms with van der Waals surface area (Å²) in [6, 6.07) is 3.65. The Hall–Kier alpha value is -1.29. The molecule has 0 spiro atoms. The second kappa shape index (κ2) is 6.05. The number of hydrogen-bond donors (Lipinski definition) is 0. The first-order chi connectivity index (χ1) is 8.72. The van der Waals surface area contributed by atoms with Crippen molar-refractivity contribution in [2.75, 3.05) is 24.6 Å². The molecule has 1 saturated heterocycles. The summed E-state index contributed by atoms with van der Waals surface area (Å²) in [5.41, 5.74) is 0. The van der Waals surface area contributed by atoms with Gasteiger partial charge in [0.25, 0.3) is 0 Å². The molecule has 1 aromatic heterocycles. The minimum atomic E-state index is -0.0794. The quantitative estimate of drug-likeness (QED) is 0.790. The number of aromatic nitrogens is 1. The van der Waals surface area contributed by atoms with E-state index in [0.29, 0.717) is 11.6 Å². The molecule has 1 aromatic rings. The van der Waals surface area contributed by atoms with Crippen LogP contribution >= 0.6 is 11.6 Å². The van der Waals surface area contributed by atoms with Gasteiger partial charge in [0.1, 0.15) is 5.82 Å². The highest BCUT2D eigenvalue weighted by molar-refractivity contribution is 6.32. The van der Waals surface area contributed by atoms with Gasteiger partial charge in [-0.25, -0.2) is 4.98 Å². The number of piperidine rings is 1. The Kier molecular flexibility index (Phi) is 4.42. The Bertz CT molecular complexity index is 417. The molecule has 0 bridgehead atoms. The number of rotatable bonds is 3. The molecule has 0 saturated carbocycles. The summed E-state index contributed by atoms with van der Waals surface area (Å²) in [6.45, 7) is 3.87. The third-order valence-electron chi connectivity index (χ3n) is 3.15. The van der Waals surface area contributed by atoms with E-state index >= 15 is 0 Å². The molecule has 2 heterocycles. The molecule has 2 rings (SSSR count).